The summed E-state index contributed by atoms with van der Waals surface area (Å²) in [6.45, 7) is 10.1. The molecule has 0 saturated carbocycles. The van der Waals surface area contributed by atoms with E-state index in [1.165, 1.54) is 11.1 Å². The predicted molar refractivity (Wildman–Crippen MR) is 52.6 cm³/mol. The van der Waals surface area contributed by atoms with Gasteiger partial charge in [0.2, 0.25) is 0 Å². The van der Waals surface area contributed by atoms with Crippen molar-refractivity contribution in [2.24, 2.45) is 0 Å². The first-order chi connectivity index (χ1) is 5.24. The van der Waals surface area contributed by atoms with E-state index in [9.17, 15) is 0 Å². The van der Waals surface area contributed by atoms with E-state index in [0.717, 1.165) is 12.8 Å². The van der Waals surface area contributed by atoms with Crippen LogP contribution in [-0.2, 0) is 0 Å². The van der Waals surface area contributed by atoms with Crippen LogP contribution in [0.25, 0.3) is 0 Å². The van der Waals surface area contributed by atoms with Crippen LogP contribution in [0.1, 0.15) is 33.6 Å². The van der Waals surface area contributed by atoms with Crippen LogP contribution in [0, 0.1) is 0 Å². The lowest BCUT2D eigenvalue weighted by Crippen LogP contribution is -1.76. The predicted octanol–water partition coefficient (Wildman–Crippen LogP) is 3.87. The zero-order chi connectivity index (χ0) is 8.69. The number of hydrogen-bond donors (Lipinski definition) is 0. The fraction of sp³-hybridized carbons (Fsp3) is 0.455. The Morgan fingerprint density at radius 2 is 2.00 bits per heavy atom. The van der Waals surface area contributed by atoms with Gasteiger partial charge in [-0.15, -0.1) is 0 Å². The molecule has 0 rings (SSSR count). The van der Waals surface area contributed by atoms with Crippen molar-refractivity contribution in [2.45, 2.75) is 33.6 Å². The number of rotatable bonds is 4. The molecule has 0 unspecified atom stereocenters. The van der Waals surface area contributed by atoms with E-state index >= 15 is 0 Å². The van der Waals surface area contributed by atoms with Gasteiger partial charge < -0.3 is 0 Å². The van der Waals surface area contributed by atoms with Crippen molar-refractivity contribution in [3.63, 3.8) is 0 Å². The SMILES string of the molecule is C=CC(C)=CC(=CCC)CC. The van der Waals surface area contributed by atoms with E-state index < -0.39 is 0 Å². The van der Waals surface area contributed by atoms with E-state index in [0.29, 0.717) is 0 Å². The van der Waals surface area contributed by atoms with Crippen LogP contribution in [0.15, 0.2) is 36.0 Å². The Kier molecular flexibility index (Phi) is 5.54. The molecule has 0 bridgehead atoms. The Morgan fingerprint density at radius 3 is 2.36 bits per heavy atom. The van der Waals surface area contributed by atoms with Gasteiger partial charge in [-0.2, -0.15) is 0 Å². The first-order valence-corrected chi connectivity index (χ1v) is 4.24. The molecule has 0 heterocycles. The molecule has 62 valence electrons. The van der Waals surface area contributed by atoms with Crippen LogP contribution >= 0.6 is 0 Å². The molecule has 0 saturated heterocycles. The molecule has 0 aliphatic carbocycles. The first kappa shape index (κ1) is 10.2. The highest BCUT2D eigenvalue weighted by atomic mass is 13.9. The maximum absolute atomic E-state index is 3.71. The molecule has 0 aliphatic heterocycles. The monoisotopic (exact) mass is 150 g/mol. The molecule has 0 atom stereocenters. The third kappa shape index (κ3) is 4.60. The normalized spacial score (nSPS) is 13.4. The molecule has 0 nitrogen and oxygen atoms in total. The summed E-state index contributed by atoms with van der Waals surface area (Å²) in [6.07, 6.45) is 8.56. The standard InChI is InChI=1S/C11H18/c1-5-8-11(7-3)9-10(4)6-2/h6,8-9H,2,5,7H2,1,3-4H3. The summed E-state index contributed by atoms with van der Waals surface area (Å²) in [7, 11) is 0. The number of allylic oxidation sites excluding steroid dienone is 5. The minimum absolute atomic E-state index is 1.11. The van der Waals surface area contributed by atoms with Crippen LogP contribution in [0.3, 0.4) is 0 Å². The Balaban J connectivity index is 4.28. The van der Waals surface area contributed by atoms with Crippen LogP contribution in [0.4, 0.5) is 0 Å². The summed E-state index contributed by atoms with van der Waals surface area (Å²) in [6, 6.07) is 0. The first-order valence-electron chi connectivity index (χ1n) is 4.24. The zero-order valence-electron chi connectivity index (χ0n) is 7.85. The summed E-state index contributed by atoms with van der Waals surface area (Å²) in [5.41, 5.74) is 2.65. The van der Waals surface area contributed by atoms with Gasteiger partial charge in [0.05, 0.1) is 0 Å². The molecule has 0 aromatic heterocycles. The largest absolute Gasteiger partial charge is 0.0988 e. The quantitative estimate of drug-likeness (QED) is 0.534. The average molecular weight is 150 g/mol. The van der Waals surface area contributed by atoms with Crippen molar-refractivity contribution in [3.05, 3.63) is 36.0 Å². The Bertz CT molecular complexity index is 170. The highest BCUT2D eigenvalue weighted by molar-refractivity contribution is 5.27. The van der Waals surface area contributed by atoms with E-state index in [2.05, 4.69) is 39.5 Å². The van der Waals surface area contributed by atoms with Gasteiger partial charge >= 0.3 is 0 Å². The lowest BCUT2D eigenvalue weighted by molar-refractivity contribution is 1.09. The molecule has 0 aromatic carbocycles. The number of hydrogen-bond acceptors (Lipinski definition) is 0. The maximum atomic E-state index is 3.71. The molecule has 0 aromatic rings. The summed E-state index contributed by atoms with van der Waals surface area (Å²) in [5, 5.41) is 0. The van der Waals surface area contributed by atoms with Crippen molar-refractivity contribution in [3.8, 4) is 0 Å². The van der Waals surface area contributed by atoms with E-state index in [1.807, 2.05) is 6.08 Å². The summed E-state index contributed by atoms with van der Waals surface area (Å²) >= 11 is 0. The van der Waals surface area contributed by atoms with Gasteiger partial charge in [-0.1, -0.05) is 49.8 Å². The van der Waals surface area contributed by atoms with Crippen LogP contribution < -0.4 is 0 Å². The molecule has 0 radical (unpaired) electrons. The van der Waals surface area contributed by atoms with Gasteiger partial charge in [0.25, 0.3) is 0 Å². The lowest BCUT2D eigenvalue weighted by Gasteiger charge is -1.97. The molecule has 0 fully saturated rings. The lowest BCUT2D eigenvalue weighted by atomic mass is 10.1. The smallest absolute Gasteiger partial charge is 0.0311 e. The molecular formula is C11H18. The van der Waals surface area contributed by atoms with Crippen molar-refractivity contribution in [1.29, 1.82) is 0 Å². The summed E-state index contributed by atoms with van der Waals surface area (Å²) in [5.74, 6) is 0. The maximum Gasteiger partial charge on any atom is -0.0311 e. The van der Waals surface area contributed by atoms with Gasteiger partial charge in [0, 0.05) is 0 Å². The molecule has 0 heteroatoms. The fourth-order valence-corrected chi connectivity index (χ4v) is 0.919. The minimum Gasteiger partial charge on any atom is -0.0988 e. The third-order valence-corrected chi connectivity index (χ3v) is 1.61. The Labute approximate surface area is 70.3 Å². The van der Waals surface area contributed by atoms with Crippen molar-refractivity contribution < 1.29 is 0 Å². The zero-order valence-corrected chi connectivity index (χ0v) is 7.85. The molecule has 0 spiro atoms. The highest BCUT2D eigenvalue weighted by Crippen LogP contribution is 2.07. The fourth-order valence-electron chi connectivity index (χ4n) is 0.919. The van der Waals surface area contributed by atoms with E-state index in [1.54, 1.807) is 0 Å². The van der Waals surface area contributed by atoms with Crippen molar-refractivity contribution in [1.82, 2.24) is 0 Å². The second kappa shape index (κ2) is 5.96. The molecule has 0 amide bonds. The second-order valence-electron chi connectivity index (χ2n) is 2.63. The van der Waals surface area contributed by atoms with E-state index in [-0.39, 0.29) is 0 Å². The van der Waals surface area contributed by atoms with Gasteiger partial charge in [-0.3, -0.25) is 0 Å². The van der Waals surface area contributed by atoms with Crippen LogP contribution in [0.5, 0.6) is 0 Å². The van der Waals surface area contributed by atoms with Gasteiger partial charge in [-0.05, 0) is 19.8 Å². The van der Waals surface area contributed by atoms with Crippen molar-refractivity contribution in [2.75, 3.05) is 0 Å². The molecule has 11 heavy (non-hydrogen) atoms. The van der Waals surface area contributed by atoms with Crippen LogP contribution in [-0.4, -0.2) is 0 Å². The summed E-state index contributed by atoms with van der Waals surface area (Å²) < 4.78 is 0. The van der Waals surface area contributed by atoms with Gasteiger partial charge in [-0.25, -0.2) is 0 Å². The molecule has 0 N–H and O–H groups in total. The topological polar surface area (TPSA) is 0 Å². The summed E-state index contributed by atoms with van der Waals surface area (Å²) in [4.78, 5) is 0. The average Bonchev–Trinajstić information content (AvgIpc) is 2.03. The third-order valence-electron chi connectivity index (χ3n) is 1.61. The highest BCUT2D eigenvalue weighted by Gasteiger charge is 1.87. The Morgan fingerprint density at radius 1 is 1.36 bits per heavy atom. The van der Waals surface area contributed by atoms with E-state index in [4.69, 9.17) is 0 Å². The molecular weight excluding hydrogens is 132 g/mol. The van der Waals surface area contributed by atoms with Crippen LogP contribution in [0.2, 0.25) is 0 Å². The van der Waals surface area contributed by atoms with Crippen molar-refractivity contribution >= 4 is 0 Å². The second-order valence-corrected chi connectivity index (χ2v) is 2.63. The Hall–Kier alpha value is -0.780. The van der Waals surface area contributed by atoms with Gasteiger partial charge in [0.15, 0.2) is 0 Å². The van der Waals surface area contributed by atoms with Gasteiger partial charge in [0.1, 0.15) is 0 Å². The molecule has 0 aliphatic rings. The minimum atomic E-state index is 1.11.